The molecular formula is C37H41NO7. The number of carbonyl (C=O) groups excluding carboxylic acids is 2. The van der Waals surface area contributed by atoms with E-state index in [1.165, 1.54) is 0 Å². The number of benzene rings is 2. The molecule has 4 fully saturated rings. The van der Waals surface area contributed by atoms with Gasteiger partial charge < -0.3 is 29.7 Å². The zero-order valence-electron chi connectivity index (χ0n) is 25.8. The number of nitrogens with one attached hydrogen (secondary N) is 1. The predicted octanol–water partition coefficient (Wildman–Crippen LogP) is 4.68. The number of fused-ring (bicyclic) bond motifs is 8. The van der Waals surface area contributed by atoms with Crippen LogP contribution in [0.3, 0.4) is 0 Å². The van der Waals surface area contributed by atoms with Crippen molar-refractivity contribution in [1.82, 2.24) is 0 Å². The molecule has 2 heterocycles. The lowest BCUT2D eigenvalue weighted by Crippen LogP contribution is -2.63. The van der Waals surface area contributed by atoms with E-state index in [-0.39, 0.29) is 29.3 Å². The number of rotatable bonds is 5. The van der Waals surface area contributed by atoms with E-state index in [1.54, 1.807) is 12.2 Å². The average molecular weight is 612 g/mol. The molecule has 0 radical (unpaired) electrons. The van der Waals surface area contributed by atoms with Crippen molar-refractivity contribution in [2.24, 2.45) is 28.6 Å². The zero-order chi connectivity index (χ0) is 31.1. The second kappa shape index (κ2) is 10.4. The summed E-state index contributed by atoms with van der Waals surface area (Å²) in [5, 5.41) is 25.5. The zero-order valence-corrected chi connectivity index (χ0v) is 25.8. The van der Waals surface area contributed by atoms with E-state index in [2.05, 4.69) is 49.5 Å². The quantitative estimate of drug-likeness (QED) is 0.447. The molecule has 9 atom stereocenters. The van der Waals surface area contributed by atoms with Crippen LogP contribution in [0.1, 0.15) is 62.5 Å². The number of ketones is 2. The SMILES string of the molecule is C[C@]12C=CC(=O)C=C1CC[C@@H]1[C@@H]2[C@@H](O)C[C@@]2(C)[C@H]1C[C@H]1O[C@@H](c3ccc(Cc4ccc5c(c4)OCCN5)cc3)O[C@]12C(=O)CO. The molecule has 236 valence electrons. The molecule has 4 aliphatic carbocycles. The number of allylic oxidation sites excluding steroid dienone is 4. The first-order valence-corrected chi connectivity index (χ1v) is 16.3. The monoisotopic (exact) mass is 611 g/mol. The van der Waals surface area contributed by atoms with Crippen LogP contribution in [0.2, 0.25) is 0 Å². The Hall–Kier alpha value is -3.30. The highest BCUT2D eigenvalue weighted by atomic mass is 16.7. The molecule has 0 unspecified atom stereocenters. The third-order valence-electron chi connectivity index (χ3n) is 12.2. The van der Waals surface area contributed by atoms with Gasteiger partial charge in [0.1, 0.15) is 19.0 Å². The normalized spacial score (nSPS) is 39.4. The van der Waals surface area contributed by atoms with Crippen molar-refractivity contribution >= 4 is 17.3 Å². The number of hydrogen-bond acceptors (Lipinski definition) is 8. The molecule has 2 aromatic carbocycles. The molecule has 3 N–H and O–H groups in total. The van der Waals surface area contributed by atoms with Gasteiger partial charge in [-0.1, -0.05) is 55.8 Å². The second-order valence-corrected chi connectivity index (χ2v) is 14.4. The summed E-state index contributed by atoms with van der Waals surface area (Å²) in [6.07, 6.45) is 6.74. The van der Waals surface area contributed by atoms with Crippen molar-refractivity contribution in [3.8, 4) is 5.75 Å². The van der Waals surface area contributed by atoms with Gasteiger partial charge in [-0.05, 0) is 79.4 Å². The van der Waals surface area contributed by atoms with Gasteiger partial charge in [0.25, 0.3) is 0 Å². The molecule has 0 aromatic heterocycles. The van der Waals surface area contributed by atoms with Crippen LogP contribution in [0, 0.1) is 28.6 Å². The van der Waals surface area contributed by atoms with Crippen molar-refractivity contribution < 1.29 is 34.0 Å². The minimum absolute atomic E-state index is 0.00517. The Labute approximate surface area is 263 Å². The van der Waals surface area contributed by atoms with Gasteiger partial charge in [0, 0.05) is 28.9 Å². The molecule has 2 aliphatic heterocycles. The highest BCUT2D eigenvalue weighted by Crippen LogP contribution is 2.70. The third-order valence-corrected chi connectivity index (χ3v) is 12.2. The maximum Gasteiger partial charge on any atom is 0.193 e. The van der Waals surface area contributed by atoms with Crippen LogP contribution in [0.5, 0.6) is 5.75 Å². The number of hydrogen-bond donors (Lipinski definition) is 3. The number of carbonyl (C=O) groups is 2. The van der Waals surface area contributed by atoms with E-state index >= 15 is 0 Å². The smallest absolute Gasteiger partial charge is 0.193 e. The number of ether oxygens (including phenoxy) is 3. The molecule has 1 saturated heterocycles. The highest BCUT2D eigenvalue weighted by molar-refractivity contribution is 6.01. The van der Waals surface area contributed by atoms with Crippen LogP contribution >= 0.6 is 0 Å². The molecule has 8 heteroatoms. The lowest BCUT2D eigenvalue weighted by molar-refractivity contribution is -0.201. The van der Waals surface area contributed by atoms with Crippen LogP contribution in [0.15, 0.2) is 66.3 Å². The van der Waals surface area contributed by atoms with Gasteiger partial charge >= 0.3 is 0 Å². The van der Waals surface area contributed by atoms with Gasteiger partial charge in [-0.25, -0.2) is 0 Å². The first-order valence-electron chi connectivity index (χ1n) is 16.3. The number of Topliss-reactive ketones (excluding diaryl/α,β-unsaturated/α-hetero) is 1. The van der Waals surface area contributed by atoms with E-state index in [1.807, 2.05) is 18.2 Å². The molecule has 2 aromatic rings. The van der Waals surface area contributed by atoms with Crippen molar-refractivity contribution in [1.29, 1.82) is 0 Å². The molecular weight excluding hydrogens is 570 g/mol. The second-order valence-electron chi connectivity index (χ2n) is 14.4. The molecule has 0 bridgehead atoms. The van der Waals surface area contributed by atoms with Crippen LogP contribution in [-0.4, -0.2) is 59.3 Å². The summed E-state index contributed by atoms with van der Waals surface area (Å²) in [5.41, 5.74) is 2.74. The van der Waals surface area contributed by atoms with Crippen molar-refractivity contribution in [3.63, 3.8) is 0 Å². The summed E-state index contributed by atoms with van der Waals surface area (Å²) < 4.78 is 19.2. The molecule has 45 heavy (non-hydrogen) atoms. The number of aliphatic hydroxyl groups excluding tert-OH is 2. The fraction of sp³-hybridized carbons (Fsp3) is 0.514. The minimum atomic E-state index is -1.35. The predicted molar refractivity (Wildman–Crippen MR) is 167 cm³/mol. The summed E-state index contributed by atoms with van der Waals surface area (Å²) in [5.74, 6) is 0.630. The Morgan fingerprint density at radius 3 is 2.71 bits per heavy atom. The standard InChI is InChI=1S/C37H41NO7/c1-35-12-11-25(40)17-24(35)8-9-26-27-18-32-37(31(42)20-39,36(27,2)19-29(41)33(26)35)45-34(44-32)23-6-3-21(4-7-23)15-22-5-10-28-30(16-22)43-14-13-38-28/h3-7,10-12,16-17,26-27,29,32-34,38-39,41H,8-9,13-15,18-20H2,1-2H3/t26-,27-,29-,32+,33+,34+,35-,36-,37+/m0/s1. The summed E-state index contributed by atoms with van der Waals surface area (Å²) in [4.78, 5) is 26.0. The first-order chi connectivity index (χ1) is 21.7. The maximum absolute atomic E-state index is 13.8. The molecule has 3 saturated carbocycles. The Bertz CT molecular complexity index is 1610. The summed E-state index contributed by atoms with van der Waals surface area (Å²) in [6.45, 7) is 5.02. The van der Waals surface area contributed by atoms with Crippen molar-refractivity contribution in [3.05, 3.63) is 83.0 Å². The van der Waals surface area contributed by atoms with E-state index in [0.29, 0.717) is 19.4 Å². The van der Waals surface area contributed by atoms with E-state index in [4.69, 9.17) is 14.2 Å². The number of aliphatic hydroxyl groups is 2. The minimum Gasteiger partial charge on any atom is -0.490 e. The fourth-order valence-corrected chi connectivity index (χ4v) is 10.2. The van der Waals surface area contributed by atoms with E-state index in [9.17, 15) is 19.8 Å². The summed E-state index contributed by atoms with van der Waals surface area (Å²) >= 11 is 0. The Morgan fingerprint density at radius 1 is 1.11 bits per heavy atom. The topological polar surface area (TPSA) is 114 Å². The Morgan fingerprint density at radius 2 is 1.91 bits per heavy atom. The van der Waals surface area contributed by atoms with Gasteiger partial charge in [-0.2, -0.15) is 0 Å². The van der Waals surface area contributed by atoms with Crippen LogP contribution in [-0.2, 0) is 25.5 Å². The summed E-state index contributed by atoms with van der Waals surface area (Å²) in [6, 6.07) is 14.4. The molecule has 0 spiro atoms. The van der Waals surface area contributed by atoms with E-state index < -0.39 is 41.5 Å². The van der Waals surface area contributed by atoms with Gasteiger partial charge in [0.15, 0.2) is 23.5 Å². The third kappa shape index (κ3) is 4.18. The van der Waals surface area contributed by atoms with Gasteiger partial charge in [-0.15, -0.1) is 0 Å². The van der Waals surface area contributed by atoms with Gasteiger partial charge in [0.2, 0.25) is 0 Å². The van der Waals surface area contributed by atoms with Crippen LogP contribution in [0.25, 0.3) is 0 Å². The molecule has 6 aliphatic rings. The molecule has 8 nitrogen and oxygen atoms in total. The van der Waals surface area contributed by atoms with Gasteiger partial charge in [-0.3, -0.25) is 9.59 Å². The molecule has 0 amide bonds. The first kappa shape index (κ1) is 29.1. The largest absolute Gasteiger partial charge is 0.490 e. The average Bonchev–Trinajstić information content (AvgIpc) is 3.54. The lowest BCUT2D eigenvalue weighted by Gasteiger charge is -2.59. The lowest BCUT2D eigenvalue weighted by atomic mass is 9.46. The number of anilines is 1. The maximum atomic E-state index is 13.8. The van der Waals surface area contributed by atoms with Crippen molar-refractivity contribution in [2.45, 2.75) is 70.1 Å². The Kier molecular flexibility index (Phi) is 6.70. The van der Waals surface area contributed by atoms with Crippen molar-refractivity contribution in [2.75, 3.05) is 25.1 Å². The van der Waals surface area contributed by atoms with E-state index in [0.717, 1.165) is 59.5 Å². The van der Waals surface area contributed by atoms with Crippen LogP contribution < -0.4 is 10.1 Å². The summed E-state index contributed by atoms with van der Waals surface area (Å²) in [7, 11) is 0. The molecule has 8 rings (SSSR count). The fourth-order valence-electron chi connectivity index (χ4n) is 10.2. The Balaban J connectivity index is 1.05. The van der Waals surface area contributed by atoms with Crippen LogP contribution in [0.4, 0.5) is 5.69 Å². The van der Waals surface area contributed by atoms with Gasteiger partial charge in [0.05, 0.1) is 17.9 Å². The highest BCUT2D eigenvalue weighted by Gasteiger charge is 2.75.